The number of nitriles is 1. The summed E-state index contributed by atoms with van der Waals surface area (Å²) in [6.45, 7) is 3.62. The molecule has 0 bridgehead atoms. The van der Waals surface area contributed by atoms with Gasteiger partial charge in [0.25, 0.3) is 0 Å². The van der Waals surface area contributed by atoms with Crippen LogP contribution >= 0.6 is 0 Å². The molecule has 23 heavy (non-hydrogen) atoms. The van der Waals surface area contributed by atoms with E-state index in [1.807, 2.05) is 0 Å². The Hall–Kier alpha value is -2.47. The first-order valence-corrected chi connectivity index (χ1v) is 7.26. The van der Waals surface area contributed by atoms with E-state index in [0.717, 1.165) is 18.7 Å². The Morgan fingerprint density at radius 2 is 2.09 bits per heavy atom. The van der Waals surface area contributed by atoms with Crippen LogP contribution in [0, 0.1) is 16.7 Å². The number of hydrogen-bond acceptors (Lipinski definition) is 7. The maximum atomic E-state index is 10.3. The Kier molecular flexibility index (Phi) is 6.05. The molecule has 0 aromatic heterocycles. The van der Waals surface area contributed by atoms with Gasteiger partial charge in [0.05, 0.1) is 25.0 Å². The predicted octanol–water partition coefficient (Wildman–Crippen LogP) is 0.280. The van der Waals surface area contributed by atoms with E-state index in [4.69, 9.17) is 21.1 Å². The van der Waals surface area contributed by atoms with Crippen molar-refractivity contribution < 1.29 is 9.84 Å². The summed E-state index contributed by atoms with van der Waals surface area (Å²) in [5.74, 6) is -0.391. The van der Waals surface area contributed by atoms with Gasteiger partial charge in [0, 0.05) is 19.6 Å². The molecule has 1 fully saturated rings. The van der Waals surface area contributed by atoms with E-state index in [0.29, 0.717) is 25.4 Å². The van der Waals surface area contributed by atoms with Gasteiger partial charge < -0.3 is 15.6 Å². The molecule has 1 unspecified atom stereocenters. The van der Waals surface area contributed by atoms with Crippen LogP contribution in [0.15, 0.2) is 29.4 Å². The molecule has 0 radical (unpaired) electrons. The van der Waals surface area contributed by atoms with E-state index < -0.39 is 11.9 Å². The molecule has 0 amide bonds. The first-order chi connectivity index (χ1) is 11.1. The first kappa shape index (κ1) is 16.9. The van der Waals surface area contributed by atoms with E-state index in [1.54, 1.807) is 30.3 Å². The maximum Gasteiger partial charge on any atom is 0.201 e. The Labute approximate surface area is 134 Å². The van der Waals surface area contributed by atoms with Crippen molar-refractivity contribution in [2.24, 2.45) is 10.8 Å². The number of aliphatic hydroxyl groups is 1. The highest BCUT2D eigenvalue weighted by molar-refractivity contribution is 6.45. The van der Waals surface area contributed by atoms with Gasteiger partial charge in [-0.25, -0.2) is 0 Å². The standard InChI is InChI=1S/C15H20N6O2/c16-9-13(15(17)18)20-19-12-3-1-11(2-4-12)14(22)10-21-5-7-23-8-6-21/h1-4,14,19,22H,5-8,10H2,(H3,17,18)/b20-13+. The number of rotatable bonds is 6. The summed E-state index contributed by atoms with van der Waals surface area (Å²) in [5.41, 5.74) is 9.13. The highest BCUT2D eigenvalue weighted by Crippen LogP contribution is 2.18. The third-order valence-corrected chi connectivity index (χ3v) is 3.49. The lowest BCUT2D eigenvalue weighted by Crippen LogP contribution is -2.38. The molecule has 1 aliphatic rings. The van der Waals surface area contributed by atoms with Gasteiger partial charge >= 0.3 is 0 Å². The first-order valence-electron chi connectivity index (χ1n) is 7.26. The summed E-state index contributed by atoms with van der Waals surface area (Å²) in [7, 11) is 0. The molecule has 0 spiro atoms. The number of nitrogens with two attached hydrogens (primary N) is 1. The van der Waals surface area contributed by atoms with Crippen molar-refractivity contribution in [2.45, 2.75) is 6.10 Å². The van der Waals surface area contributed by atoms with Crippen molar-refractivity contribution in [2.75, 3.05) is 38.3 Å². The van der Waals surface area contributed by atoms with Gasteiger partial charge in [0.15, 0.2) is 5.84 Å². The second kappa shape index (κ2) is 8.24. The summed E-state index contributed by atoms with van der Waals surface area (Å²) < 4.78 is 5.28. The summed E-state index contributed by atoms with van der Waals surface area (Å²) >= 11 is 0. The highest BCUT2D eigenvalue weighted by Gasteiger charge is 2.16. The average molecular weight is 316 g/mol. The minimum atomic E-state index is -0.572. The van der Waals surface area contributed by atoms with Crippen molar-refractivity contribution in [1.82, 2.24) is 4.90 Å². The van der Waals surface area contributed by atoms with E-state index in [1.165, 1.54) is 0 Å². The summed E-state index contributed by atoms with van der Waals surface area (Å²) in [6, 6.07) is 8.81. The Balaban J connectivity index is 1.93. The fraction of sp³-hybridized carbons (Fsp3) is 0.400. The lowest BCUT2D eigenvalue weighted by Gasteiger charge is -2.28. The second-order valence-corrected chi connectivity index (χ2v) is 5.15. The Bertz CT molecular complexity index is 601. The van der Waals surface area contributed by atoms with E-state index in [9.17, 15) is 5.11 Å². The van der Waals surface area contributed by atoms with Crippen LogP contribution in [0.1, 0.15) is 11.7 Å². The average Bonchev–Trinajstić information content (AvgIpc) is 2.56. The highest BCUT2D eigenvalue weighted by atomic mass is 16.5. The molecule has 0 aliphatic carbocycles. The fourth-order valence-corrected chi connectivity index (χ4v) is 2.18. The minimum absolute atomic E-state index is 0.179. The van der Waals surface area contributed by atoms with Crippen molar-refractivity contribution in [3.05, 3.63) is 29.8 Å². The van der Waals surface area contributed by atoms with E-state index in [2.05, 4.69) is 15.4 Å². The topological polar surface area (TPSA) is 131 Å². The number of hydrogen-bond donors (Lipinski definition) is 4. The van der Waals surface area contributed by atoms with Gasteiger partial charge in [-0.15, -0.1) is 0 Å². The number of hydrazone groups is 1. The smallest absolute Gasteiger partial charge is 0.201 e. The lowest BCUT2D eigenvalue weighted by atomic mass is 10.1. The number of benzene rings is 1. The molecule has 1 atom stereocenters. The summed E-state index contributed by atoms with van der Waals surface area (Å²) in [4.78, 5) is 2.16. The van der Waals surface area contributed by atoms with Gasteiger partial charge in [0.2, 0.25) is 5.71 Å². The number of nitrogens with one attached hydrogen (secondary N) is 2. The molecule has 0 saturated carbocycles. The zero-order valence-corrected chi connectivity index (χ0v) is 12.7. The van der Waals surface area contributed by atoms with Crippen molar-refractivity contribution in [3.63, 3.8) is 0 Å². The van der Waals surface area contributed by atoms with Gasteiger partial charge in [-0.3, -0.25) is 15.7 Å². The van der Waals surface area contributed by atoms with E-state index >= 15 is 0 Å². The molecule has 8 heteroatoms. The normalized spacial score (nSPS) is 17.3. The molecule has 8 nitrogen and oxygen atoms in total. The van der Waals surface area contributed by atoms with Crippen LogP contribution in [0.5, 0.6) is 0 Å². The number of anilines is 1. The van der Waals surface area contributed by atoms with Gasteiger partial charge in [-0.1, -0.05) is 12.1 Å². The van der Waals surface area contributed by atoms with Crippen LogP contribution < -0.4 is 11.2 Å². The molecule has 122 valence electrons. The Morgan fingerprint density at radius 3 is 2.65 bits per heavy atom. The van der Waals surface area contributed by atoms with Crippen LogP contribution in [-0.2, 0) is 4.74 Å². The quantitative estimate of drug-likeness (QED) is 0.339. The van der Waals surface area contributed by atoms with E-state index in [-0.39, 0.29) is 5.71 Å². The van der Waals surface area contributed by atoms with Crippen LogP contribution in [-0.4, -0.2) is 54.4 Å². The van der Waals surface area contributed by atoms with Crippen LogP contribution in [0.4, 0.5) is 5.69 Å². The SMILES string of the molecule is N#C/C(=N\Nc1ccc(C(O)CN2CCOCC2)cc1)C(=N)N. The van der Waals surface area contributed by atoms with Gasteiger partial charge in [-0.05, 0) is 17.7 Å². The zero-order chi connectivity index (χ0) is 16.7. The molecule has 5 N–H and O–H groups in total. The fourth-order valence-electron chi connectivity index (χ4n) is 2.18. The van der Waals surface area contributed by atoms with Crippen LogP contribution in [0.25, 0.3) is 0 Å². The number of β-amino-alcohol motifs (C(OH)–C–C–N with tert-alkyl or cyclic N) is 1. The minimum Gasteiger partial charge on any atom is -0.387 e. The third kappa shape index (κ3) is 5.03. The number of morpholine rings is 1. The summed E-state index contributed by atoms with van der Waals surface area (Å²) in [5, 5.41) is 30.0. The molecule has 2 rings (SSSR count). The third-order valence-electron chi connectivity index (χ3n) is 3.49. The maximum absolute atomic E-state index is 10.3. The second-order valence-electron chi connectivity index (χ2n) is 5.15. The molecule has 1 aromatic rings. The van der Waals surface area contributed by atoms with Crippen LogP contribution in [0.3, 0.4) is 0 Å². The molecule has 1 saturated heterocycles. The number of ether oxygens (including phenoxy) is 1. The predicted molar refractivity (Wildman–Crippen MR) is 87.2 cm³/mol. The number of nitrogens with zero attached hydrogens (tertiary/aromatic N) is 3. The largest absolute Gasteiger partial charge is 0.387 e. The van der Waals surface area contributed by atoms with Gasteiger partial charge in [0.1, 0.15) is 6.07 Å². The molecule has 1 heterocycles. The Morgan fingerprint density at radius 1 is 1.43 bits per heavy atom. The molecule has 1 aliphatic heterocycles. The summed E-state index contributed by atoms with van der Waals surface area (Å²) in [6.07, 6.45) is -0.572. The molecular weight excluding hydrogens is 296 g/mol. The van der Waals surface area contributed by atoms with Crippen molar-refractivity contribution in [1.29, 1.82) is 10.7 Å². The lowest BCUT2D eigenvalue weighted by molar-refractivity contribution is 0.0143. The molecule has 1 aromatic carbocycles. The number of aliphatic hydroxyl groups excluding tert-OH is 1. The van der Waals surface area contributed by atoms with Gasteiger partial charge in [-0.2, -0.15) is 10.4 Å². The molecular formula is C15H20N6O2. The monoisotopic (exact) mass is 316 g/mol. The van der Waals surface area contributed by atoms with Crippen molar-refractivity contribution in [3.8, 4) is 6.07 Å². The van der Waals surface area contributed by atoms with Crippen LogP contribution in [0.2, 0.25) is 0 Å². The zero-order valence-electron chi connectivity index (χ0n) is 12.7. The van der Waals surface area contributed by atoms with Crippen molar-refractivity contribution >= 4 is 17.2 Å². The number of amidine groups is 1.